The van der Waals surface area contributed by atoms with E-state index in [1.54, 1.807) is 6.20 Å². The number of rotatable bonds is 2. The molecule has 3 aromatic heterocycles. The zero-order valence-corrected chi connectivity index (χ0v) is 15.7. The van der Waals surface area contributed by atoms with Crippen LogP contribution in [-0.2, 0) is 15.7 Å². The summed E-state index contributed by atoms with van der Waals surface area (Å²) in [6.45, 7) is 1.30. The third-order valence-electron chi connectivity index (χ3n) is 5.61. The number of halogens is 3. The number of alkyl halides is 3. The van der Waals surface area contributed by atoms with Gasteiger partial charge in [0.2, 0.25) is 0 Å². The van der Waals surface area contributed by atoms with Crippen LogP contribution in [0.15, 0.2) is 23.8 Å². The quantitative estimate of drug-likeness (QED) is 0.639. The summed E-state index contributed by atoms with van der Waals surface area (Å²) < 4.78 is 50.3. The molecule has 2 fully saturated rings. The number of aromatic amines is 1. The Morgan fingerprint density at radius 3 is 2.61 bits per heavy atom. The van der Waals surface area contributed by atoms with Crippen molar-refractivity contribution < 1.29 is 22.6 Å². The molecule has 0 bridgehead atoms. The molecule has 1 saturated heterocycles. The lowest BCUT2D eigenvalue weighted by atomic mass is 9.81. The maximum atomic E-state index is 12.9. The van der Waals surface area contributed by atoms with Crippen molar-refractivity contribution in [3.8, 4) is 10.6 Å². The number of hydrogen-bond donors (Lipinski definition) is 1. The molecule has 1 N–H and O–H groups in total. The van der Waals surface area contributed by atoms with Crippen molar-refractivity contribution in [1.82, 2.24) is 15.0 Å². The van der Waals surface area contributed by atoms with Gasteiger partial charge in [-0.25, -0.2) is 9.97 Å². The highest BCUT2D eigenvalue weighted by molar-refractivity contribution is 7.13. The molecule has 9 heteroatoms. The first-order chi connectivity index (χ1) is 13.4. The number of nitrogens with one attached hydrogen (secondary N) is 1. The minimum Gasteiger partial charge on any atom is -0.348 e. The van der Waals surface area contributed by atoms with Crippen LogP contribution >= 0.6 is 11.3 Å². The predicted octanol–water partition coefficient (Wildman–Crippen LogP) is 5.11. The maximum Gasteiger partial charge on any atom is 0.434 e. The van der Waals surface area contributed by atoms with Crippen LogP contribution in [0.2, 0.25) is 0 Å². The Bertz CT molecular complexity index is 997. The summed E-state index contributed by atoms with van der Waals surface area (Å²) in [6.07, 6.45) is 2.65. The van der Waals surface area contributed by atoms with Crippen molar-refractivity contribution in [3.63, 3.8) is 0 Å². The first-order valence-corrected chi connectivity index (χ1v) is 10.1. The van der Waals surface area contributed by atoms with E-state index in [-0.39, 0.29) is 0 Å². The molecule has 0 unspecified atom stereocenters. The number of aromatic nitrogens is 3. The Kier molecular flexibility index (Phi) is 4.22. The van der Waals surface area contributed by atoms with Crippen LogP contribution in [0.25, 0.3) is 21.6 Å². The molecule has 0 radical (unpaired) electrons. The molecule has 28 heavy (non-hydrogen) atoms. The Balaban J connectivity index is 1.43. The molecule has 1 saturated carbocycles. The van der Waals surface area contributed by atoms with Crippen molar-refractivity contribution in [3.05, 3.63) is 35.1 Å². The lowest BCUT2D eigenvalue weighted by Crippen LogP contribution is -2.34. The third-order valence-corrected chi connectivity index (χ3v) is 6.49. The first kappa shape index (κ1) is 18.1. The van der Waals surface area contributed by atoms with Gasteiger partial charge >= 0.3 is 6.18 Å². The molecule has 0 atom stereocenters. The Labute approximate surface area is 162 Å². The second kappa shape index (κ2) is 6.53. The number of nitrogens with zero attached hydrogens (tertiary/aromatic N) is 2. The van der Waals surface area contributed by atoms with Crippen molar-refractivity contribution in [1.29, 1.82) is 0 Å². The zero-order chi connectivity index (χ0) is 19.4. The minimum atomic E-state index is -4.44. The fourth-order valence-electron chi connectivity index (χ4n) is 4.12. The van der Waals surface area contributed by atoms with Crippen LogP contribution in [0, 0.1) is 0 Å². The summed E-state index contributed by atoms with van der Waals surface area (Å²) in [4.78, 5) is 11.3. The zero-order valence-electron chi connectivity index (χ0n) is 14.9. The summed E-state index contributed by atoms with van der Waals surface area (Å²) >= 11 is 0.991. The average Bonchev–Trinajstić information content (AvgIpc) is 3.40. The Morgan fingerprint density at radius 1 is 1.18 bits per heavy atom. The first-order valence-electron chi connectivity index (χ1n) is 9.22. The number of thiazole rings is 1. The highest BCUT2D eigenvalue weighted by atomic mass is 32.1. The number of pyridine rings is 1. The molecular weight excluding hydrogens is 391 g/mol. The Hall–Kier alpha value is -1.97. The van der Waals surface area contributed by atoms with E-state index >= 15 is 0 Å². The SMILES string of the molecule is FC(F)(F)c1csc(-c2c[nH]c3ncc(C4CCC5(CC4)OCCO5)cc23)n1. The van der Waals surface area contributed by atoms with Gasteiger partial charge in [0, 0.05) is 41.6 Å². The van der Waals surface area contributed by atoms with Gasteiger partial charge < -0.3 is 14.5 Å². The topological polar surface area (TPSA) is 60.0 Å². The van der Waals surface area contributed by atoms with Crippen LogP contribution < -0.4 is 0 Å². The summed E-state index contributed by atoms with van der Waals surface area (Å²) in [5.41, 5.74) is 1.53. The molecule has 1 spiro atoms. The van der Waals surface area contributed by atoms with E-state index in [9.17, 15) is 13.2 Å². The molecule has 0 amide bonds. The van der Waals surface area contributed by atoms with Gasteiger partial charge in [-0.1, -0.05) is 0 Å². The molecule has 148 valence electrons. The minimum absolute atomic E-state index is 0.333. The molecule has 4 heterocycles. The van der Waals surface area contributed by atoms with Crippen LogP contribution in [-0.4, -0.2) is 34.0 Å². The largest absolute Gasteiger partial charge is 0.434 e. The van der Waals surface area contributed by atoms with Crippen LogP contribution in [0.1, 0.15) is 42.9 Å². The lowest BCUT2D eigenvalue weighted by Gasteiger charge is -2.35. The molecular formula is C19H18F3N3O2S. The van der Waals surface area contributed by atoms with Crippen molar-refractivity contribution in [2.45, 2.75) is 43.6 Å². The normalized spacial score (nSPS) is 20.4. The average molecular weight is 409 g/mol. The van der Waals surface area contributed by atoms with Gasteiger partial charge in [-0.05, 0) is 30.4 Å². The van der Waals surface area contributed by atoms with Crippen molar-refractivity contribution in [2.75, 3.05) is 13.2 Å². The van der Waals surface area contributed by atoms with Gasteiger partial charge in [-0.3, -0.25) is 0 Å². The highest BCUT2D eigenvalue weighted by Crippen LogP contribution is 2.43. The second-order valence-corrected chi connectivity index (χ2v) is 8.14. The third kappa shape index (κ3) is 3.11. The summed E-state index contributed by atoms with van der Waals surface area (Å²) in [7, 11) is 0. The van der Waals surface area contributed by atoms with E-state index in [1.165, 1.54) is 0 Å². The summed E-state index contributed by atoms with van der Waals surface area (Å²) in [5.74, 6) is -0.0811. The van der Waals surface area contributed by atoms with Crippen LogP contribution in [0.4, 0.5) is 13.2 Å². The molecule has 5 nitrogen and oxygen atoms in total. The van der Waals surface area contributed by atoms with E-state index in [4.69, 9.17) is 9.47 Å². The molecule has 0 aromatic carbocycles. The smallest absolute Gasteiger partial charge is 0.348 e. The van der Waals surface area contributed by atoms with E-state index in [2.05, 4.69) is 15.0 Å². The molecule has 2 aliphatic rings. The molecule has 3 aromatic rings. The Morgan fingerprint density at radius 2 is 1.93 bits per heavy atom. The van der Waals surface area contributed by atoms with Crippen molar-refractivity contribution >= 4 is 22.4 Å². The summed E-state index contributed by atoms with van der Waals surface area (Å²) in [5, 5.41) is 2.19. The van der Waals surface area contributed by atoms with E-state index in [1.807, 2.05) is 12.3 Å². The number of fused-ring (bicyclic) bond motifs is 1. The molecule has 1 aliphatic heterocycles. The van der Waals surface area contributed by atoms with Crippen molar-refractivity contribution in [2.24, 2.45) is 0 Å². The maximum absolute atomic E-state index is 12.9. The van der Waals surface area contributed by atoms with Crippen LogP contribution in [0.5, 0.6) is 0 Å². The number of ether oxygens (including phenoxy) is 2. The monoisotopic (exact) mass is 409 g/mol. The molecule has 1 aliphatic carbocycles. The van der Waals surface area contributed by atoms with Gasteiger partial charge in [0.25, 0.3) is 0 Å². The predicted molar refractivity (Wildman–Crippen MR) is 98.0 cm³/mol. The van der Waals surface area contributed by atoms with Crippen LogP contribution in [0.3, 0.4) is 0 Å². The second-order valence-electron chi connectivity index (χ2n) is 7.28. The van der Waals surface area contributed by atoms with E-state index in [0.29, 0.717) is 35.3 Å². The highest BCUT2D eigenvalue weighted by Gasteiger charge is 2.40. The van der Waals surface area contributed by atoms with E-state index in [0.717, 1.165) is 53.3 Å². The number of hydrogen-bond acceptors (Lipinski definition) is 5. The van der Waals surface area contributed by atoms with Gasteiger partial charge in [-0.2, -0.15) is 13.2 Å². The van der Waals surface area contributed by atoms with Gasteiger partial charge in [0.1, 0.15) is 10.7 Å². The van der Waals surface area contributed by atoms with Gasteiger partial charge in [-0.15, -0.1) is 11.3 Å². The number of H-pyrrole nitrogens is 1. The van der Waals surface area contributed by atoms with Gasteiger partial charge in [0.15, 0.2) is 11.5 Å². The summed E-state index contributed by atoms with van der Waals surface area (Å²) in [6, 6.07) is 2.03. The van der Waals surface area contributed by atoms with E-state index < -0.39 is 17.7 Å². The fourth-order valence-corrected chi connectivity index (χ4v) is 4.98. The van der Waals surface area contributed by atoms with Gasteiger partial charge in [0.05, 0.1) is 13.2 Å². The standard InChI is InChI=1S/C19H18F3N3O2S/c20-19(21,22)15-10-28-17(25-15)14-9-24-16-13(14)7-12(8-23-16)11-1-3-18(4-2-11)26-5-6-27-18/h7-11H,1-6H2,(H,23,24). The fraction of sp³-hybridized carbons (Fsp3) is 0.474. The lowest BCUT2D eigenvalue weighted by molar-refractivity contribution is -0.178. The molecule has 5 rings (SSSR count).